The molecule has 0 radical (unpaired) electrons. The first-order chi connectivity index (χ1) is 13.8. The van der Waals surface area contributed by atoms with E-state index < -0.39 is 17.8 Å². The van der Waals surface area contributed by atoms with Crippen LogP contribution in [-0.4, -0.2) is 31.4 Å². The number of rotatable bonds is 1. The van der Waals surface area contributed by atoms with Crippen LogP contribution >= 0.6 is 23.2 Å². The Morgan fingerprint density at radius 1 is 1.10 bits per heavy atom. The topological polar surface area (TPSA) is 105 Å². The van der Waals surface area contributed by atoms with Crippen molar-refractivity contribution in [2.75, 3.05) is 0 Å². The molecule has 1 aliphatic rings. The third kappa shape index (κ3) is 4.54. The van der Waals surface area contributed by atoms with Crippen LogP contribution in [0.4, 0.5) is 0 Å². The molecule has 7 nitrogen and oxygen atoms in total. The Hall–Kier alpha value is -3.00. The molecule has 1 unspecified atom stereocenters. The summed E-state index contributed by atoms with van der Waals surface area (Å²) in [4.78, 5) is 28.9. The number of aliphatic hydroxyl groups excluding tert-OH is 1. The van der Waals surface area contributed by atoms with Gasteiger partial charge in [0.2, 0.25) is 6.23 Å². The Labute approximate surface area is 175 Å². The molecule has 2 heterocycles. The van der Waals surface area contributed by atoms with Gasteiger partial charge in [-0.05, 0) is 24.3 Å². The molecule has 148 valence electrons. The summed E-state index contributed by atoms with van der Waals surface area (Å²) < 4.78 is 1.63. The second kappa shape index (κ2) is 8.57. The fourth-order valence-corrected chi connectivity index (χ4v) is 3.23. The van der Waals surface area contributed by atoms with Crippen LogP contribution in [0.25, 0.3) is 5.69 Å². The highest BCUT2D eigenvalue weighted by Crippen LogP contribution is 2.31. The monoisotopic (exact) mass is 431 g/mol. The third-order valence-corrected chi connectivity index (χ3v) is 4.49. The average molecular weight is 432 g/mol. The lowest BCUT2D eigenvalue weighted by Gasteiger charge is -2.14. The molecule has 0 fully saturated rings. The number of carboxylic acids is 1. The summed E-state index contributed by atoms with van der Waals surface area (Å²) in [7, 11) is 0. The predicted molar refractivity (Wildman–Crippen MR) is 110 cm³/mol. The van der Waals surface area contributed by atoms with Gasteiger partial charge >= 0.3 is 0 Å². The zero-order chi connectivity index (χ0) is 21.1. The molecule has 2 aromatic carbocycles. The second-order valence-corrected chi connectivity index (χ2v) is 6.85. The molecule has 0 bridgehead atoms. The number of aromatic nitrogens is 2. The largest absolute Gasteiger partial charge is 0.481 e. The second-order valence-electron chi connectivity index (χ2n) is 6.01. The predicted octanol–water partition coefficient (Wildman–Crippen LogP) is 3.47. The molecular formula is C20H15Cl2N3O4. The van der Waals surface area contributed by atoms with Crippen molar-refractivity contribution >= 4 is 34.9 Å². The van der Waals surface area contributed by atoms with Crippen LogP contribution in [0.15, 0.2) is 64.5 Å². The Balaban J connectivity index is 0.000000552. The Morgan fingerprint density at radius 3 is 2.48 bits per heavy atom. The van der Waals surface area contributed by atoms with E-state index in [1.165, 1.54) is 6.07 Å². The summed E-state index contributed by atoms with van der Waals surface area (Å²) in [6.07, 6.45) is 0.248. The average Bonchev–Trinajstić information content (AvgIpc) is 2.77. The van der Waals surface area contributed by atoms with Gasteiger partial charge in [0, 0.05) is 40.4 Å². The smallest absolute Gasteiger partial charge is 0.300 e. The van der Waals surface area contributed by atoms with Gasteiger partial charge in [0.15, 0.2) is 5.82 Å². The van der Waals surface area contributed by atoms with E-state index in [1.54, 1.807) is 35.0 Å². The minimum Gasteiger partial charge on any atom is -0.481 e. The van der Waals surface area contributed by atoms with E-state index in [2.05, 4.69) is 9.98 Å². The molecule has 2 N–H and O–H groups in total. The molecule has 0 aliphatic carbocycles. The van der Waals surface area contributed by atoms with Gasteiger partial charge in [-0.15, -0.1) is 0 Å². The van der Waals surface area contributed by atoms with Crippen molar-refractivity contribution in [1.82, 2.24) is 9.55 Å². The van der Waals surface area contributed by atoms with E-state index in [0.29, 0.717) is 32.6 Å². The zero-order valence-corrected chi connectivity index (χ0v) is 16.6. The Morgan fingerprint density at radius 2 is 1.79 bits per heavy atom. The number of hydrogen-bond acceptors (Lipinski definition) is 5. The standard InChI is InChI=1S/C18H11Cl2N3O2.C2H4O2/c19-10-5-6-14-12(9-10)16(11-3-1-2-4-13(11)20)22-18(25)17-21-15(24)7-8-23(14)17;1-2(3)4/h1-9,18,25H;1H3,(H,3,4). The van der Waals surface area contributed by atoms with Crippen LogP contribution in [0, 0.1) is 0 Å². The number of aliphatic imine (C=N–C) groups is 1. The molecule has 9 heteroatoms. The Kier molecular flexibility index (Phi) is 6.12. The first kappa shape index (κ1) is 20.7. The molecule has 4 rings (SSSR count). The highest BCUT2D eigenvalue weighted by molar-refractivity contribution is 6.36. The number of carboxylic acid groups (broad SMARTS) is 1. The number of fused-ring (bicyclic) bond motifs is 3. The van der Waals surface area contributed by atoms with E-state index in [9.17, 15) is 9.90 Å². The summed E-state index contributed by atoms with van der Waals surface area (Å²) in [5, 5.41) is 19.0. The number of nitrogens with zero attached hydrogens (tertiary/aromatic N) is 3. The van der Waals surface area contributed by atoms with Crippen molar-refractivity contribution in [3.63, 3.8) is 0 Å². The fourth-order valence-electron chi connectivity index (χ4n) is 2.83. The van der Waals surface area contributed by atoms with Crippen LogP contribution in [0.5, 0.6) is 0 Å². The van der Waals surface area contributed by atoms with E-state index in [0.717, 1.165) is 6.92 Å². The molecule has 0 saturated heterocycles. The van der Waals surface area contributed by atoms with Crippen molar-refractivity contribution in [3.8, 4) is 5.69 Å². The number of benzene rings is 2. The number of aliphatic carboxylic acids is 1. The quantitative estimate of drug-likeness (QED) is 0.613. The first-order valence-corrected chi connectivity index (χ1v) is 9.13. The maximum absolute atomic E-state index is 11.6. The van der Waals surface area contributed by atoms with Gasteiger partial charge in [0.25, 0.3) is 11.5 Å². The van der Waals surface area contributed by atoms with Gasteiger partial charge in [-0.3, -0.25) is 9.59 Å². The summed E-state index contributed by atoms with van der Waals surface area (Å²) in [6, 6.07) is 13.8. The molecule has 3 aromatic rings. The van der Waals surface area contributed by atoms with Crippen molar-refractivity contribution in [2.45, 2.75) is 13.2 Å². The highest BCUT2D eigenvalue weighted by atomic mass is 35.5. The van der Waals surface area contributed by atoms with E-state index in [4.69, 9.17) is 33.1 Å². The lowest BCUT2D eigenvalue weighted by molar-refractivity contribution is -0.134. The number of hydrogen-bond donors (Lipinski definition) is 2. The van der Waals surface area contributed by atoms with Gasteiger partial charge in [-0.25, -0.2) is 4.99 Å². The zero-order valence-electron chi connectivity index (χ0n) is 15.1. The minimum absolute atomic E-state index is 0.137. The molecule has 0 saturated carbocycles. The van der Waals surface area contributed by atoms with E-state index in [-0.39, 0.29) is 5.82 Å². The van der Waals surface area contributed by atoms with Gasteiger partial charge in [0.05, 0.1) is 11.4 Å². The van der Waals surface area contributed by atoms with Crippen LogP contribution in [0.1, 0.15) is 30.1 Å². The minimum atomic E-state index is -1.31. The van der Waals surface area contributed by atoms with Crippen LogP contribution < -0.4 is 5.56 Å². The SMILES string of the molecule is CC(=O)O.O=c1ccn2c(n1)C(O)N=C(c1ccccc1Cl)c1cc(Cl)ccc1-2. The molecule has 1 aromatic heterocycles. The maximum atomic E-state index is 11.6. The number of aliphatic hydroxyl groups is 1. The Bertz CT molecular complexity index is 1170. The molecule has 0 spiro atoms. The van der Waals surface area contributed by atoms with Crippen molar-refractivity contribution in [2.24, 2.45) is 4.99 Å². The molecule has 0 amide bonds. The molecule has 1 aliphatic heterocycles. The summed E-state index contributed by atoms with van der Waals surface area (Å²) in [5.74, 6) is -0.696. The lowest BCUT2D eigenvalue weighted by Crippen LogP contribution is -2.17. The van der Waals surface area contributed by atoms with Gasteiger partial charge in [-0.1, -0.05) is 41.4 Å². The number of halogens is 2. The third-order valence-electron chi connectivity index (χ3n) is 3.92. The highest BCUT2D eigenvalue weighted by Gasteiger charge is 2.25. The van der Waals surface area contributed by atoms with Gasteiger partial charge in [-0.2, -0.15) is 4.98 Å². The van der Waals surface area contributed by atoms with Crippen molar-refractivity contribution < 1.29 is 15.0 Å². The fraction of sp³-hybridized carbons (Fsp3) is 0.100. The number of carbonyl (C=O) groups is 1. The molecule has 1 atom stereocenters. The van der Waals surface area contributed by atoms with Crippen LogP contribution in [0.3, 0.4) is 0 Å². The van der Waals surface area contributed by atoms with Crippen molar-refractivity contribution in [1.29, 1.82) is 0 Å². The molecular weight excluding hydrogens is 417 g/mol. The van der Waals surface area contributed by atoms with Gasteiger partial charge in [0.1, 0.15) is 0 Å². The van der Waals surface area contributed by atoms with E-state index >= 15 is 0 Å². The summed E-state index contributed by atoms with van der Waals surface area (Å²) in [5.41, 5.74) is 2.07. The lowest BCUT2D eigenvalue weighted by atomic mass is 10.0. The molecule has 29 heavy (non-hydrogen) atoms. The van der Waals surface area contributed by atoms with Crippen LogP contribution in [-0.2, 0) is 4.79 Å². The van der Waals surface area contributed by atoms with Crippen LogP contribution in [0.2, 0.25) is 10.0 Å². The van der Waals surface area contributed by atoms with E-state index in [1.807, 2.05) is 18.2 Å². The first-order valence-electron chi connectivity index (χ1n) is 8.38. The van der Waals surface area contributed by atoms with Crippen molar-refractivity contribution in [3.05, 3.63) is 92.1 Å². The summed E-state index contributed by atoms with van der Waals surface area (Å²) >= 11 is 12.5. The van der Waals surface area contributed by atoms with Gasteiger partial charge < -0.3 is 14.8 Å². The maximum Gasteiger partial charge on any atom is 0.300 e. The normalized spacial score (nSPS) is 14.5. The summed E-state index contributed by atoms with van der Waals surface area (Å²) in [6.45, 7) is 1.08.